The number of hydrogen-bond donors (Lipinski definition) is 2. The van der Waals surface area contributed by atoms with Gasteiger partial charge in [0, 0.05) is 12.6 Å². The second kappa shape index (κ2) is 6.87. The highest BCUT2D eigenvalue weighted by atomic mass is 32.2. The summed E-state index contributed by atoms with van der Waals surface area (Å²) >= 11 is 0. The third-order valence-corrected chi connectivity index (χ3v) is 5.18. The molecule has 1 aromatic rings. The minimum Gasteiger partial charge on any atom is -0.348 e. The number of nitrogens with one attached hydrogen (secondary N) is 2. The Bertz CT molecular complexity index is 675. The molecule has 2 N–H and O–H groups in total. The molecule has 0 aliphatic carbocycles. The Labute approximate surface area is 128 Å². The van der Waals surface area contributed by atoms with Gasteiger partial charge in [-0.05, 0) is 24.5 Å². The van der Waals surface area contributed by atoms with Crippen LogP contribution in [0.2, 0.25) is 0 Å². The van der Waals surface area contributed by atoms with Gasteiger partial charge in [0.1, 0.15) is 5.82 Å². The van der Waals surface area contributed by atoms with E-state index in [-0.39, 0.29) is 30.3 Å². The summed E-state index contributed by atoms with van der Waals surface area (Å²) in [5.41, 5.74) is 0.449. The van der Waals surface area contributed by atoms with Crippen LogP contribution in [0.15, 0.2) is 24.3 Å². The molecule has 22 heavy (non-hydrogen) atoms. The molecule has 1 aromatic carbocycles. The summed E-state index contributed by atoms with van der Waals surface area (Å²) < 4.78 is 35.9. The van der Waals surface area contributed by atoms with Crippen molar-refractivity contribution in [3.63, 3.8) is 0 Å². The fourth-order valence-electron chi connectivity index (χ4n) is 2.25. The van der Waals surface area contributed by atoms with Gasteiger partial charge in [-0.25, -0.2) is 12.8 Å². The van der Waals surface area contributed by atoms with Crippen molar-refractivity contribution in [2.24, 2.45) is 0 Å². The Morgan fingerprint density at radius 2 is 1.95 bits per heavy atom. The number of benzene rings is 1. The van der Waals surface area contributed by atoms with Gasteiger partial charge in [-0.15, -0.1) is 0 Å². The van der Waals surface area contributed by atoms with Crippen LogP contribution in [0.4, 0.5) is 4.39 Å². The van der Waals surface area contributed by atoms with Gasteiger partial charge in [-0.3, -0.25) is 9.59 Å². The Kier molecular flexibility index (Phi) is 5.12. The Balaban J connectivity index is 1.75. The van der Waals surface area contributed by atoms with Crippen LogP contribution in [0.1, 0.15) is 12.0 Å². The van der Waals surface area contributed by atoms with Gasteiger partial charge in [0.25, 0.3) is 0 Å². The second-order valence-electron chi connectivity index (χ2n) is 5.17. The summed E-state index contributed by atoms with van der Waals surface area (Å²) in [6.45, 7) is 0.121. The van der Waals surface area contributed by atoms with E-state index < -0.39 is 27.7 Å². The van der Waals surface area contributed by atoms with Crippen LogP contribution in [-0.4, -0.2) is 44.3 Å². The predicted molar refractivity (Wildman–Crippen MR) is 78.3 cm³/mol. The predicted octanol–water partition coefficient (Wildman–Crippen LogP) is -0.212. The lowest BCUT2D eigenvalue weighted by Gasteiger charge is -2.10. The van der Waals surface area contributed by atoms with E-state index in [1.807, 2.05) is 0 Å². The highest BCUT2D eigenvalue weighted by molar-refractivity contribution is 7.91. The van der Waals surface area contributed by atoms with Crippen molar-refractivity contribution in [1.29, 1.82) is 0 Å². The molecule has 1 aliphatic heterocycles. The summed E-state index contributed by atoms with van der Waals surface area (Å²) in [6.07, 6.45) is 0.583. The fraction of sp³-hybridized carbons (Fsp3) is 0.429. The lowest BCUT2D eigenvalue weighted by atomic mass is 10.1. The molecule has 2 amide bonds. The van der Waals surface area contributed by atoms with Crippen molar-refractivity contribution in [2.75, 3.05) is 18.1 Å². The molecular weight excluding hydrogens is 311 g/mol. The maximum absolute atomic E-state index is 13.4. The number of amides is 2. The van der Waals surface area contributed by atoms with E-state index in [2.05, 4.69) is 10.6 Å². The van der Waals surface area contributed by atoms with Gasteiger partial charge >= 0.3 is 11.8 Å². The van der Waals surface area contributed by atoms with Crippen LogP contribution in [0, 0.1) is 5.82 Å². The van der Waals surface area contributed by atoms with Gasteiger partial charge in [0.15, 0.2) is 9.84 Å². The van der Waals surface area contributed by atoms with Crippen LogP contribution in [0.5, 0.6) is 0 Å². The van der Waals surface area contributed by atoms with Crippen molar-refractivity contribution in [1.82, 2.24) is 10.6 Å². The molecule has 0 saturated carbocycles. The average Bonchev–Trinajstić information content (AvgIpc) is 2.79. The fourth-order valence-corrected chi connectivity index (χ4v) is 3.93. The molecule has 1 heterocycles. The van der Waals surface area contributed by atoms with Crippen LogP contribution >= 0.6 is 0 Å². The SMILES string of the molecule is O=C(NCCc1ccccc1F)C(=O)NC1CCS(=O)(=O)C1. The second-order valence-corrected chi connectivity index (χ2v) is 7.40. The van der Waals surface area contributed by atoms with E-state index in [4.69, 9.17) is 0 Å². The molecule has 1 saturated heterocycles. The Hall–Kier alpha value is -1.96. The quantitative estimate of drug-likeness (QED) is 0.748. The Morgan fingerprint density at radius 3 is 2.59 bits per heavy atom. The lowest BCUT2D eigenvalue weighted by Crippen LogP contribution is -2.45. The standard InChI is InChI=1S/C14H17FN2O4S/c15-12-4-2-1-3-10(12)5-7-16-13(18)14(19)17-11-6-8-22(20,21)9-11/h1-4,11H,5-9H2,(H,16,18)(H,17,19). The molecule has 1 unspecified atom stereocenters. The van der Waals surface area contributed by atoms with Crippen molar-refractivity contribution < 1.29 is 22.4 Å². The highest BCUT2D eigenvalue weighted by Gasteiger charge is 2.30. The van der Waals surface area contributed by atoms with E-state index >= 15 is 0 Å². The summed E-state index contributed by atoms with van der Waals surface area (Å²) in [5.74, 6) is -2.19. The van der Waals surface area contributed by atoms with E-state index in [1.54, 1.807) is 18.2 Å². The van der Waals surface area contributed by atoms with Gasteiger partial charge in [-0.2, -0.15) is 0 Å². The first-order valence-electron chi connectivity index (χ1n) is 6.90. The third-order valence-electron chi connectivity index (χ3n) is 3.41. The summed E-state index contributed by atoms with van der Waals surface area (Å²) in [6, 6.07) is 5.67. The topological polar surface area (TPSA) is 92.3 Å². The zero-order valence-electron chi connectivity index (χ0n) is 11.8. The van der Waals surface area contributed by atoms with E-state index in [9.17, 15) is 22.4 Å². The van der Waals surface area contributed by atoms with E-state index in [1.165, 1.54) is 6.07 Å². The number of halogens is 1. The van der Waals surface area contributed by atoms with Gasteiger partial charge in [-0.1, -0.05) is 18.2 Å². The van der Waals surface area contributed by atoms with Crippen LogP contribution in [-0.2, 0) is 25.8 Å². The van der Waals surface area contributed by atoms with Crippen molar-refractivity contribution in [3.8, 4) is 0 Å². The van der Waals surface area contributed by atoms with Gasteiger partial charge in [0.05, 0.1) is 11.5 Å². The highest BCUT2D eigenvalue weighted by Crippen LogP contribution is 2.11. The largest absolute Gasteiger partial charge is 0.348 e. The first kappa shape index (κ1) is 16.4. The molecule has 1 aliphatic rings. The molecule has 0 aromatic heterocycles. The van der Waals surface area contributed by atoms with Gasteiger partial charge < -0.3 is 10.6 Å². The molecule has 1 atom stereocenters. The number of rotatable bonds is 4. The molecule has 2 rings (SSSR count). The van der Waals surface area contributed by atoms with Crippen LogP contribution in [0.25, 0.3) is 0 Å². The minimum absolute atomic E-state index is 0.0207. The maximum Gasteiger partial charge on any atom is 0.309 e. The monoisotopic (exact) mass is 328 g/mol. The van der Waals surface area contributed by atoms with Crippen LogP contribution < -0.4 is 10.6 Å². The molecule has 1 fully saturated rings. The summed E-state index contributed by atoms with van der Waals surface area (Å²) in [5, 5.41) is 4.78. The van der Waals surface area contributed by atoms with Crippen molar-refractivity contribution in [3.05, 3.63) is 35.6 Å². The number of carbonyl (C=O) groups is 2. The molecule has 0 radical (unpaired) electrons. The average molecular weight is 328 g/mol. The zero-order valence-corrected chi connectivity index (χ0v) is 12.7. The summed E-state index contributed by atoms with van der Waals surface area (Å²) in [7, 11) is -3.11. The molecule has 8 heteroatoms. The minimum atomic E-state index is -3.11. The molecule has 0 spiro atoms. The van der Waals surface area contributed by atoms with Gasteiger partial charge in [0.2, 0.25) is 0 Å². The molecule has 6 nitrogen and oxygen atoms in total. The first-order chi connectivity index (χ1) is 10.4. The molecule has 120 valence electrons. The Morgan fingerprint density at radius 1 is 1.23 bits per heavy atom. The molecular formula is C14H17FN2O4S. The smallest absolute Gasteiger partial charge is 0.309 e. The number of carbonyl (C=O) groups excluding carboxylic acids is 2. The van der Waals surface area contributed by atoms with E-state index in [0.29, 0.717) is 12.0 Å². The lowest BCUT2D eigenvalue weighted by molar-refractivity contribution is -0.139. The normalized spacial score (nSPS) is 19.6. The summed E-state index contributed by atoms with van der Waals surface area (Å²) in [4.78, 5) is 23.2. The maximum atomic E-state index is 13.4. The number of hydrogen-bond acceptors (Lipinski definition) is 4. The van der Waals surface area contributed by atoms with E-state index in [0.717, 1.165) is 0 Å². The third kappa shape index (κ3) is 4.52. The van der Waals surface area contributed by atoms with Crippen molar-refractivity contribution in [2.45, 2.75) is 18.9 Å². The molecule has 0 bridgehead atoms. The van der Waals surface area contributed by atoms with Crippen LogP contribution in [0.3, 0.4) is 0 Å². The number of sulfone groups is 1. The van der Waals surface area contributed by atoms with Crippen molar-refractivity contribution >= 4 is 21.7 Å². The zero-order chi connectivity index (χ0) is 16.2. The first-order valence-corrected chi connectivity index (χ1v) is 8.72.